The molecule has 4 rings (SSSR count). The van der Waals surface area contributed by atoms with Crippen molar-refractivity contribution in [2.75, 3.05) is 19.8 Å². The number of carbonyl (C=O) groups is 1. The highest BCUT2D eigenvalue weighted by Gasteiger charge is 2.23. The fraction of sp³-hybridized carbons (Fsp3) is 0.520. The topological polar surface area (TPSA) is 60.9 Å². The Labute approximate surface area is 184 Å². The summed E-state index contributed by atoms with van der Waals surface area (Å²) in [6.45, 7) is 2.63. The smallest absolute Gasteiger partial charge is 0.225 e. The molecule has 0 spiro atoms. The summed E-state index contributed by atoms with van der Waals surface area (Å²) >= 11 is 0. The highest BCUT2D eigenvalue weighted by molar-refractivity contribution is 5.76. The molecule has 0 N–H and O–H groups in total. The van der Waals surface area contributed by atoms with E-state index in [0.717, 1.165) is 69.4 Å². The Morgan fingerprint density at radius 1 is 0.968 bits per heavy atom. The quantitative estimate of drug-likeness (QED) is 0.670. The van der Waals surface area contributed by atoms with Crippen molar-refractivity contribution in [3.05, 3.63) is 48.2 Å². The largest absolute Gasteiger partial charge is 0.490 e. The van der Waals surface area contributed by atoms with Crippen LogP contribution in [0, 0.1) is 0 Å². The molecular formula is C25H32N2O4. The van der Waals surface area contributed by atoms with E-state index in [2.05, 4.69) is 4.98 Å². The number of amides is 1. The van der Waals surface area contributed by atoms with Gasteiger partial charge in [-0.1, -0.05) is 31.0 Å². The molecule has 6 heteroatoms. The van der Waals surface area contributed by atoms with Gasteiger partial charge in [0.2, 0.25) is 11.8 Å². The van der Waals surface area contributed by atoms with Gasteiger partial charge in [-0.05, 0) is 50.3 Å². The molecule has 6 nitrogen and oxygen atoms in total. The van der Waals surface area contributed by atoms with Gasteiger partial charge in [-0.2, -0.15) is 0 Å². The summed E-state index contributed by atoms with van der Waals surface area (Å²) in [5.41, 5.74) is 0.896. The van der Waals surface area contributed by atoms with E-state index in [1.165, 1.54) is 0 Å². The van der Waals surface area contributed by atoms with Crippen LogP contribution in [0.25, 0.3) is 0 Å². The molecule has 31 heavy (non-hydrogen) atoms. The van der Waals surface area contributed by atoms with E-state index < -0.39 is 0 Å². The number of ether oxygens (including phenoxy) is 3. The Morgan fingerprint density at radius 3 is 2.68 bits per heavy atom. The molecule has 2 aliphatic heterocycles. The molecule has 0 saturated carbocycles. The second-order valence-corrected chi connectivity index (χ2v) is 8.29. The average molecular weight is 425 g/mol. The fourth-order valence-electron chi connectivity index (χ4n) is 4.12. The minimum absolute atomic E-state index is 0.0444. The number of hydrogen-bond acceptors (Lipinski definition) is 5. The van der Waals surface area contributed by atoms with Crippen LogP contribution in [-0.2, 0) is 16.1 Å². The summed E-state index contributed by atoms with van der Waals surface area (Å²) in [7, 11) is 0. The van der Waals surface area contributed by atoms with Gasteiger partial charge >= 0.3 is 0 Å². The normalized spacial score (nSPS) is 20.4. The zero-order valence-electron chi connectivity index (χ0n) is 18.1. The van der Waals surface area contributed by atoms with Crippen LogP contribution in [0.3, 0.4) is 0 Å². The lowest BCUT2D eigenvalue weighted by molar-refractivity contribution is -0.135. The van der Waals surface area contributed by atoms with Crippen molar-refractivity contribution in [1.29, 1.82) is 0 Å². The molecule has 2 aliphatic rings. The van der Waals surface area contributed by atoms with Crippen LogP contribution in [0.15, 0.2) is 42.6 Å². The first kappa shape index (κ1) is 21.6. The van der Waals surface area contributed by atoms with Crippen molar-refractivity contribution in [1.82, 2.24) is 9.88 Å². The van der Waals surface area contributed by atoms with E-state index in [-0.39, 0.29) is 12.0 Å². The number of aromatic nitrogens is 1. The van der Waals surface area contributed by atoms with Crippen LogP contribution in [0.4, 0.5) is 0 Å². The van der Waals surface area contributed by atoms with Crippen LogP contribution >= 0.6 is 0 Å². The Hall–Kier alpha value is -2.60. The molecule has 1 saturated heterocycles. The van der Waals surface area contributed by atoms with E-state index >= 15 is 0 Å². The molecule has 0 bridgehead atoms. The number of benzene rings is 1. The number of carbonyl (C=O) groups excluding carboxylic acids is 1. The van der Waals surface area contributed by atoms with Crippen LogP contribution in [0.1, 0.15) is 56.9 Å². The summed E-state index contributed by atoms with van der Waals surface area (Å²) in [6, 6.07) is 11.6. The molecule has 1 amide bonds. The van der Waals surface area contributed by atoms with E-state index in [0.29, 0.717) is 31.2 Å². The molecule has 1 atom stereocenters. The van der Waals surface area contributed by atoms with Gasteiger partial charge < -0.3 is 19.1 Å². The summed E-state index contributed by atoms with van der Waals surface area (Å²) in [5.74, 6) is 2.03. The maximum atomic E-state index is 13.2. The zero-order valence-corrected chi connectivity index (χ0v) is 18.1. The van der Waals surface area contributed by atoms with Gasteiger partial charge in [-0.15, -0.1) is 0 Å². The lowest BCUT2D eigenvalue weighted by Crippen LogP contribution is -2.35. The third-order valence-corrected chi connectivity index (χ3v) is 5.88. The average Bonchev–Trinajstić information content (AvgIpc) is 2.80. The minimum atomic E-state index is 0.0444. The van der Waals surface area contributed by atoms with Gasteiger partial charge in [0.1, 0.15) is 0 Å². The maximum absolute atomic E-state index is 13.2. The number of fused-ring (bicyclic) bond motifs is 2. The van der Waals surface area contributed by atoms with Crippen LogP contribution in [0.2, 0.25) is 0 Å². The molecule has 1 aromatic heterocycles. The van der Waals surface area contributed by atoms with Gasteiger partial charge in [0.05, 0.1) is 25.7 Å². The standard InChI is InChI=1S/C25H32N2O4/c28-24(18-21-11-5-8-16-29-21)27-15-6-1-2-7-17-30-22-12-3-4-13-23(22)31-25-20(19-27)10-9-14-26-25/h3-4,9-10,12-14,21H,1-2,5-8,11,15-19H2. The number of rotatable bonds is 2. The molecule has 1 unspecified atom stereocenters. The lowest BCUT2D eigenvalue weighted by Gasteiger charge is -2.28. The molecule has 166 valence electrons. The van der Waals surface area contributed by atoms with Crippen molar-refractivity contribution < 1.29 is 19.0 Å². The van der Waals surface area contributed by atoms with Crippen LogP contribution in [0.5, 0.6) is 17.4 Å². The Bertz CT molecular complexity index is 851. The Balaban J connectivity index is 1.55. The zero-order chi connectivity index (χ0) is 21.3. The number of nitrogens with zero attached hydrogens (tertiary/aromatic N) is 2. The van der Waals surface area contributed by atoms with Crippen molar-refractivity contribution in [2.24, 2.45) is 0 Å². The number of para-hydroxylation sites is 2. The van der Waals surface area contributed by atoms with Gasteiger partial charge in [-0.25, -0.2) is 4.98 Å². The molecule has 0 aliphatic carbocycles. The van der Waals surface area contributed by atoms with E-state index in [4.69, 9.17) is 14.2 Å². The number of hydrogen-bond donors (Lipinski definition) is 0. The van der Waals surface area contributed by atoms with Crippen molar-refractivity contribution in [2.45, 2.75) is 64.0 Å². The molecular weight excluding hydrogens is 392 g/mol. The summed E-state index contributed by atoms with van der Waals surface area (Å²) in [4.78, 5) is 19.6. The van der Waals surface area contributed by atoms with Gasteiger partial charge in [0, 0.05) is 24.9 Å². The predicted octanol–water partition coefficient (Wildman–Crippen LogP) is 5.11. The lowest BCUT2D eigenvalue weighted by atomic mass is 10.1. The third-order valence-electron chi connectivity index (χ3n) is 5.88. The summed E-state index contributed by atoms with van der Waals surface area (Å²) in [5, 5.41) is 0. The van der Waals surface area contributed by atoms with E-state index in [9.17, 15) is 4.79 Å². The molecule has 1 fully saturated rings. The molecule has 1 aromatic carbocycles. The molecule has 3 heterocycles. The SMILES string of the molecule is O=C(CC1CCCCO1)N1CCCCCCOc2ccccc2Oc2ncccc2C1. The van der Waals surface area contributed by atoms with E-state index in [1.54, 1.807) is 6.20 Å². The summed E-state index contributed by atoms with van der Waals surface area (Å²) < 4.78 is 17.9. The van der Waals surface area contributed by atoms with Gasteiger partial charge in [0.15, 0.2) is 11.5 Å². The first-order valence-corrected chi connectivity index (χ1v) is 11.5. The molecule has 0 radical (unpaired) electrons. The second kappa shape index (κ2) is 11.1. The number of pyridine rings is 1. The highest BCUT2D eigenvalue weighted by atomic mass is 16.5. The fourth-order valence-corrected chi connectivity index (χ4v) is 4.12. The minimum Gasteiger partial charge on any atom is -0.490 e. The molecule has 2 aromatic rings. The van der Waals surface area contributed by atoms with Gasteiger partial charge in [-0.3, -0.25) is 4.79 Å². The first-order chi connectivity index (χ1) is 15.3. The maximum Gasteiger partial charge on any atom is 0.225 e. The highest BCUT2D eigenvalue weighted by Crippen LogP contribution is 2.32. The third kappa shape index (κ3) is 6.20. The van der Waals surface area contributed by atoms with Gasteiger partial charge in [0.25, 0.3) is 0 Å². The Morgan fingerprint density at radius 2 is 1.81 bits per heavy atom. The Kier molecular flexibility index (Phi) is 7.77. The monoisotopic (exact) mass is 424 g/mol. The van der Waals surface area contributed by atoms with Crippen molar-refractivity contribution >= 4 is 5.91 Å². The van der Waals surface area contributed by atoms with Crippen molar-refractivity contribution in [3.63, 3.8) is 0 Å². The predicted molar refractivity (Wildman–Crippen MR) is 118 cm³/mol. The second-order valence-electron chi connectivity index (χ2n) is 8.29. The first-order valence-electron chi connectivity index (χ1n) is 11.5. The van der Waals surface area contributed by atoms with Crippen LogP contribution in [-0.4, -0.2) is 41.7 Å². The van der Waals surface area contributed by atoms with Crippen LogP contribution < -0.4 is 9.47 Å². The van der Waals surface area contributed by atoms with E-state index in [1.807, 2.05) is 41.3 Å². The van der Waals surface area contributed by atoms with Crippen molar-refractivity contribution in [3.8, 4) is 17.4 Å². The summed E-state index contributed by atoms with van der Waals surface area (Å²) in [6.07, 6.45) is 9.52.